The zero-order chi connectivity index (χ0) is 10.1. The van der Waals surface area contributed by atoms with Crippen molar-refractivity contribution in [1.29, 1.82) is 0 Å². The predicted octanol–water partition coefficient (Wildman–Crippen LogP) is 3.10. The molecule has 2 heteroatoms. The van der Waals surface area contributed by atoms with Crippen molar-refractivity contribution in [3.63, 3.8) is 0 Å². The molecule has 1 aromatic carbocycles. The summed E-state index contributed by atoms with van der Waals surface area (Å²) in [6.45, 7) is 1.54. The third-order valence-electron chi connectivity index (χ3n) is 2.94. The molecule has 1 fully saturated rings. The number of Topliss-reactive ketones (excluding diaryl/α,β-unsaturated/α-hetero) is 1. The molecule has 0 saturated heterocycles. The van der Waals surface area contributed by atoms with E-state index in [1.54, 1.807) is 12.1 Å². The van der Waals surface area contributed by atoms with Crippen LogP contribution in [0.25, 0.3) is 0 Å². The summed E-state index contributed by atoms with van der Waals surface area (Å²) < 4.78 is 13.1. The third-order valence-corrected chi connectivity index (χ3v) is 2.94. The maximum Gasteiger partial charge on any atom is 0.159 e. The lowest BCUT2D eigenvalue weighted by Crippen LogP contribution is -2.24. The molecule has 1 aliphatic carbocycles. The minimum atomic E-state index is -0.682. The Bertz CT molecular complexity index is 342. The van der Waals surface area contributed by atoms with Crippen LogP contribution in [0.3, 0.4) is 0 Å². The second-order valence-electron chi connectivity index (χ2n) is 3.88. The van der Waals surface area contributed by atoms with Crippen molar-refractivity contribution >= 4 is 5.78 Å². The van der Waals surface area contributed by atoms with Gasteiger partial charge in [0.15, 0.2) is 5.78 Å². The molecule has 74 valence electrons. The minimum absolute atomic E-state index is 0.0574. The lowest BCUT2D eigenvalue weighted by Gasteiger charge is -2.30. The first-order chi connectivity index (χ1) is 6.68. The molecule has 2 atom stereocenters. The fourth-order valence-corrected chi connectivity index (χ4v) is 1.80. The molecule has 0 heterocycles. The Morgan fingerprint density at radius 3 is 2.29 bits per heavy atom. The Morgan fingerprint density at radius 1 is 1.29 bits per heavy atom. The lowest BCUT2D eigenvalue weighted by atomic mass is 9.78. The minimum Gasteiger partial charge on any atom is -0.295 e. The van der Waals surface area contributed by atoms with Crippen LogP contribution in [0.5, 0.6) is 0 Å². The van der Waals surface area contributed by atoms with Gasteiger partial charge in [-0.1, -0.05) is 24.3 Å². The highest BCUT2D eigenvalue weighted by atomic mass is 19.1. The van der Waals surface area contributed by atoms with Crippen molar-refractivity contribution in [1.82, 2.24) is 0 Å². The highest BCUT2D eigenvalue weighted by Crippen LogP contribution is 2.39. The van der Waals surface area contributed by atoms with Crippen LogP contribution in [0.1, 0.15) is 41.6 Å². The molecule has 0 aliphatic heterocycles. The summed E-state index contributed by atoms with van der Waals surface area (Å²) in [5, 5.41) is 0. The fraction of sp³-hybridized carbons (Fsp3) is 0.417. The summed E-state index contributed by atoms with van der Waals surface area (Å²) in [5.74, 6) is 0.123. The van der Waals surface area contributed by atoms with Crippen LogP contribution in [-0.2, 0) is 0 Å². The second kappa shape index (κ2) is 3.52. The molecule has 1 nitrogen and oxygen atoms in total. The van der Waals surface area contributed by atoms with Gasteiger partial charge in [0.05, 0.1) is 0 Å². The van der Waals surface area contributed by atoms with Gasteiger partial charge in [0.25, 0.3) is 0 Å². The number of carbonyl (C=O) groups excluding carboxylic acids is 1. The zero-order valence-electron chi connectivity index (χ0n) is 8.16. The molecule has 0 radical (unpaired) electrons. The van der Waals surface area contributed by atoms with Gasteiger partial charge in [0.1, 0.15) is 6.17 Å². The van der Waals surface area contributed by atoms with E-state index in [1.807, 2.05) is 12.1 Å². The van der Waals surface area contributed by atoms with Gasteiger partial charge in [-0.25, -0.2) is 4.39 Å². The lowest BCUT2D eigenvalue weighted by molar-refractivity contribution is 0.101. The molecule has 1 aliphatic rings. The molecule has 0 N–H and O–H groups in total. The molecule has 14 heavy (non-hydrogen) atoms. The largest absolute Gasteiger partial charge is 0.295 e. The quantitative estimate of drug-likeness (QED) is 0.658. The van der Waals surface area contributed by atoms with Crippen LogP contribution in [0, 0.1) is 0 Å². The van der Waals surface area contributed by atoms with Gasteiger partial charge < -0.3 is 0 Å². The Hall–Kier alpha value is -1.18. The second-order valence-corrected chi connectivity index (χ2v) is 3.88. The average Bonchev–Trinajstić information content (AvgIpc) is 2.16. The molecule has 2 rings (SSSR count). The normalized spacial score (nSPS) is 25.6. The number of halogens is 1. The summed E-state index contributed by atoms with van der Waals surface area (Å²) in [6, 6.07) is 7.30. The van der Waals surface area contributed by atoms with Crippen LogP contribution < -0.4 is 0 Å². The number of hydrogen-bond acceptors (Lipinski definition) is 1. The van der Waals surface area contributed by atoms with Crippen molar-refractivity contribution < 1.29 is 9.18 Å². The highest BCUT2D eigenvalue weighted by molar-refractivity contribution is 5.94. The molecular formula is C12H13FO. The SMILES string of the molecule is CC(=O)c1ccc(C2CCC2F)cc1. The van der Waals surface area contributed by atoms with E-state index in [1.165, 1.54) is 6.92 Å². The highest BCUT2D eigenvalue weighted by Gasteiger charge is 2.31. The molecule has 0 aromatic heterocycles. The van der Waals surface area contributed by atoms with Crippen LogP contribution >= 0.6 is 0 Å². The fourth-order valence-electron chi connectivity index (χ4n) is 1.80. The molecular weight excluding hydrogens is 179 g/mol. The summed E-state index contributed by atoms with van der Waals surface area (Å²) in [5.41, 5.74) is 1.72. The number of hydrogen-bond donors (Lipinski definition) is 0. The number of rotatable bonds is 2. The first kappa shape index (κ1) is 9.38. The van der Waals surface area contributed by atoms with E-state index in [4.69, 9.17) is 0 Å². The topological polar surface area (TPSA) is 17.1 Å². The van der Waals surface area contributed by atoms with E-state index >= 15 is 0 Å². The number of benzene rings is 1. The average molecular weight is 192 g/mol. The summed E-state index contributed by atoms with van der Waals surface area (Å²) in [7, 11) is 0. The van der Waals surface area contributed by atoms with Crippen LogP contribution in [0.4, 0.5) is 4.39 Å². The van der Waals surface area contributed by atoms with E-state index in [0.717, 1.165) is 12.0 Å². The maximum atomic E-state index is 13.1. The monoisotopic (exact) mass is 192 g/mol. The summed E-state index contributed by atoms with van der Waals surface area (Å²) >= 11 is 0. The van der Waals surface area contributed by atoms with E-state index in [2.05, 4.69) is 0 Å². The Labute approximate surface area is 82.9 Å². The molecule has 1 aromatic rings. The molecule has 1 saturated carbocycles. The van der Waals surface area contributed by atoms with E-state index in [-0.39, 0.29) is 11.7 Å². The maximum absolute atomic E-state index is 13.1. The van der Waals surface area contributed by atoms with Gasteiger partial charge in [0, 0.05) is 11.5 Å². The van der Waals surface area contributed by atoms with Crippen molar-refractivity contribution in [2.75, 3.05) is 0 Å². The van der Waals surface area contributed by atoms with Gasteiger partial charge in [-0.15, -0.1) is 0 Å². The third kappa shape index (κ3) is 1.57. The van der Waals surface area contributed by atoms with Gasteiger partial charge in [-0.2, -0.15) is 0 Å². The Balaban J connectivity index is 2.17. The smallest absolute Gasteiger partial charge is 0.159 e. The zero-order valence-corrected chi connectivity index (χ0v) is 8.16. The van der Waals surface area contributed by atoms with Gasteiger partial charge in [0.2, 0.25) is 0 Å². The van der Waals surface area contributed by atoms with Gasteiger partial charge in [-0.05, 0) is 25.3 Å². The summed E-state index contributed by atoms with van der Waals surface area (Å²) in [4.78, 5) is 11.0. The first-order valence-corrected chi connectivity index (χ1v) is 4.93. The predicted molar refractivity (Wildman–Crippen MR) is 53.3 cm³/mol. The van der Waals surface area contributed by atoms with E-state index in [9.17, 15) is 9.18 Å². The van der Waals surface area contributed by atoms with Crippen LogP contribution in [-0.4, -0.2) is 12.0 Å². The van der Waals surface area contributed by atoms with Crippen LogP contribution in [0.2, 0.25) is 0 Å². The molecule has 0 amide bonds. The Morgan fingerprint density at radius 2 is 1.93 bits per heavy atom. The van der Waals surface area contributed by atoms with Crippen molar-refractivity contribution in [3.8, 4) is 0 Å². The van der Waals surface area contributed by atoms with Crippen molar-refractivity contribution in [2.45, 2.75) is 31.9 Å². The number of ketones is 1. The van der Waals surface area contributed by atoms with Crippen molar-refractivity contribution in [2.24, 2.45) is 0 Å². The van der Waals surface area contributed by atoms with E-state index in [0.29, 0.717) is 12.0 Å². The first-order valence-electron chi connectivity index (χ1n) is 4.93. The Kier molecular flexibility index (Phi) is 2.36. The molecule has 0 spiro atoms. The molecule has 2 unspecified atom stereocenters. The van der Waals surface area contributed by atoms with E-state index < -0.39 is 6.17 Å². The summed E-state index contributed by atoms with van der Waals surface area (Å²) in [6.07, 6.45) is 0.929. The molecule has 0 bridgehead atoms. The van der Waals surface area contributed by atoms with Crippen molar-refractivity contribution in [3.05, 3.63) is 35.4 Å². The number of alkyl halides is 1. The van der Waals surface area contributed by atoms with Gasteiger partial charge in [-0.3, -0.25) is 4.79 Å². The van der Waals surface area contributed by atoms with Gasteiger partial charge >= 0.3 is 0 Å². The van der Waals surface area contributed by atoms with Crippen LogP contribution in [0.15, 0.2) is 24.3 Å². The standard InChI is InChI=1S/C12H13FO/c1-8(14)9-2-4-10(5-3-9)11-6-7-12(11)13/h2-5,11-12H,6-7H2,1H3. The number of carbonyl (C=O) groups is 1.